The molecule has 1 fully saturated rings. The van der Waals surface area contributed by atoms with Gasteiger partial charge in [0.1, 0.15) is 12.0 Å². The third kappa shape index (κ3) is 2.60. The van der Waals surface area contributed by atoms with Crippen molar-refractivity contribution in [1.29, 1.82) is 0 Å². The molecule has 1 N–H and O–H groups in total. The Morgan fingerprint density at radius 2 is 1.79 bits per heavy atom. The first kappa shape index (κ1) is 13.9. The molecule has 104 valence electrons. The number of carboxylic acids is 1. The molecule has 1 aromatic carbocycles. The lowest BCUT2D eigenvalue weighted by molar-refractivity contribution is -0.141. The molecule has 2 rings (SSSR count). The monoisotopic (exact) mass is 290 g/mol. The molecule has 4 nitrogen and oxygen atoms in total. The Bertz CT molecular complexity index is 582. The lowest BCUT2D eigenvalue weighted by Gasteiger charge is -2.16. The van der Waals surface area contributed by atoms with Crippen molar-refractivity contribution in [2.45, 2.75) is 29.2 Å². The minimum absolute atomic E-state index is 0.181. The van der Waals surface area contributed by atoms with Gasteiger partial charge in [-0.2, -0.15) is 0 Å². The van der Waals surface area contributed by atoms with E-state index in [9.17, 15) is 22.0 Å². The van der Waals surface area contributed by atoms with E-state index in [2.05, 4.69) is 0 Å². The Kier molecular flexibility index (Phi) is 3.58. The van der Waals surface area contributed by atoms with Crippen molar-refractivity contribution in [3.63, 3.8) is 0 Å². The van der Waals surface area contributed by atoms with Gasteiger partial charge in [-0.1, -0.05) is 0 Å². The third-order valence-corrected chi connectivity index (χ3v) is 5.55. The van der Waals surface area contributed by atoms with Crippen molar-refractivity contribution < 1.29 is 27.1 Å². The summed E-state index contributed by atoms with van der Waals surface area (Å²) in [5.74, 6) is -3.18. The summed E-state index contributed by atoms with van der Waals surface area (Å²) >= 11 is 0. The molecule has 0 radical (unpaired) electrons. The van der Waals surface area contributed by atoms with E-state index in [1.54, 1.807) is 0 Å². The van der Waals surface area contributed by atoms with E-state index >= 15 is 0 Å². The number of hydrogen-bond donors (Lipinski definition) is 1. The van der Waals surface area contributed by atoms with E-state index in [1.165, 1.54) is 0 Å². The van der Waals surface area contributed by atoms with Gasteiger partial charge in [-0.15, -0.1) is 0 Å². The molecular weight excluding hydrogens is 278 g/mol. The van der Waals surface area contributed by atoms with E-state index < -0.39 is 39.0 Å². The van der Waals surface area contributed by atoms with Crippen molar-refractivity contribution in [1.82, 2.24) is 0 Å². The average Bonchev–Trinajstić information content (AvgIpc) is 2.73. The second-order valence-corrected chi connectivity index (χ2v) is 6.72. The minimum Gasteiger partial charge on any atom is -0.481 e. The third-order valence-electron chi connectivity index (χ3n) is 3.30. The summed E-state index contributed by atoms with van der Waals surface area (Å²) in [6.45, 7) is 0. The maximum Gasteiger partial charge on any atom is 0.307 e. The smallest absolute Gasteiger partial charge is 0.307 e. The fourth-order valence-corrected chi connectivity index (χ4v) is 4.33. The van der Waals surface area contributed by atoms with Crippen LogP contribution in [0.5, 0.6) is 0 Å². The highest BCUT2D eigenvalue weighted by Crippen LogP contribution is 2.36. The number of aliphatic carboxylic acids is 1. The molecule has 1 aromatic rings. The van der Waals surface area contributed by atoms with Crippen LogP contribution in [0, 0.1) is 11.7 Å². The number of carbonyl (C=O) groups is 1. The average molecular weight is 290 g/mol. The summed E-state index contributed by atoms with van der Waals surface area (Å²) in [5.41, 5.74) is 0. The van der Waals surface area contributed by atoms with Gasteiger partial charge >= 0.3 is 5.97 Å². The van der Waals surface area contributed by atoms with Crippen molar-refractivity contribution in [2.24, 2.45) is 5.92 Å². The topological polar surface area (TPSA) is 71.4 Å². The molecule has 0 spiro atoms. The highest BCUT2D eigenvalue weighted by Gasteiger charge is 2.46. The van der Waals surface area contributed by atoms with Gasteiger partial charge < -0.3 is 5.11 Å². The lowest BCUT2D eigenvalue weighted by atomic mass is 10.1. The van der Waals surface area contributed by atoms with Crippen LogP contribution in [0.2, 0.25) is 0 Å². The van der Waals surface area contributed by atoms with Crippen LogP contribution in [-0.2, 0) is 14.6 Å². The van der Waals surface area contributed by atoms with Crippen LogP contribution >= 0.6 is 0 Å². The molecular formula is C12H12F2O4S. The van der Waals surface area contributed by atoms with Gasteiger partial charge in [-0.05, 0) is 37.1 Å². The second kappa shape index (κ2) is 4.88. The van der Waals surface area contributed by atoms with E-state index in [0.29, 0.717) is 0 Å². The van der Waals surface area contributed by atoms with Crippen LogP contribution in [0.4, 0.5) is 8.78 Å². The highest BCUT2D eigenvalue weighted by atomic mass is 32.2. The Hall–Kier alpha value is -1.50. The first-order valence-electron chi connectivity index (χ1n) is 5.68. The molecule has 0 aliphatic heterocycles. The largest absolute Gasteiger partial charge is 0.481 e. The Morgan fingerprint density at radius 3 is 2.32 bits per heavy atom. The SMILES string of the molecule is O=C(O)[C@@H]1C[C@@H](F)CC1S(=O)(=O)c1ccc(F)cc1. The van der Waals surface area contributed by atoms with Gasteiger partial charge in [0, 0.05) is 0 Å². The van der Waals surface area contributed by atoms with Crippen LogP contribution in [0.15, 0.2) is 29.2 Å². The molecule has 1 aliphatic carbocycles. The Labute approximate surface area is 109 Å². The van der Waals surface area contributed by atoms with Crippen LogP contribution in [0.25, 0.3) is 0 Å². The zero-order chi connectivity index (χ0) is 14.2. The number of alkyl halides is 1. The zero-order valence-electron chi connectivity index (χ0n) is 9.79. The summed E-state index contributed by atoms with van der Waals surface area (Å²) in [6, 6.07) is 4.08. The predicted molar refractivity (Wildman–Crippen MR) is 62.6 cm³/mol. The first-order chi connectivity index (χ1) is 8.82. The standard InChI is InChI=1S/C12H12F2O4S/c13-7-1-3-9(4-2-7)19(17,18)11-6-8(14)5-10(11)12(15)16/h1-4,8,10-11H,5-6H2,(H,15,16)/t8-,10-,11?/m1/s1. The van der Waals surface area contributed by atoms with Gasteiger partial charge in [0.2, 0.25) is 0 Å². The van der Waals surface area contributed by atoms with Crippen LogP contribution in [0.3, 0.4) is 0 Å². The minimum atomic E-state index is -3.97. The first-order valence-corrected chi connectivity index (χ1v) is 7.23. The molecule has 1 saturated carbocycles. The number of benzene rings is 1. The molecule has 1 unspecified atom stereocenters. The number of carboxylic acid groups (broad SMARTS) is 1. The Morgan fingerprint density at radius 1 is 1.21 bits per heavy atom. The highest BCUT2D eigenvalue weighted by molar-refractivity contribution is 7.92. The van der Waals surface area contributed by atoms with Gasteiger partial charge in [0.25, 0.3) is 0 Å². The predicted octanol–water partition coefficient (Wildman–Crippen LogP) is 1.80. The molecule has 0 saturated heterocycles. The molecule has 19 heavy (non-hydrogen) atoms. The van der Waals surface area contributed by atoms with Crippen molar-refractivity contribution >= 4 is 15.8 Å². The summed E-state index contributed by atoms with van der Waals surface area (Å²) in [6.07, 6.45) is -2.08. The molecule has 3 atom stereocenters. The molecule has 0 heterocycles. The number of rotatable bonds is 3. The molecule has 0 aromatic heterocycles. The number of sulfone groups is 1. The second-order valence-electron chi connectivity index (χ2n) is 4.55. The lowest BCUT2D eigenvalue weighted by Crippen LogP contribution is -2.30. The normalized spacial score (nSPS) is 27.4. The molecule has 0 bridgehead atoms. The number of hydrogen-bond acceptors (Lipinski definition) is 3. The molecule has 7 heteroatoms. The van der Waals surface area contributed by atoms with Crippen molar-refractivity contribution in [3.8, 4) is 0 Å². The van der Waals surface area contributed by atoms with Gasteiger partial charge in [-0.3, -0.25) is 4.79 Å². The molecule has 0 amide bonds. The van der Waals surface area contributed by atoms with Gasteiger partial charge in [0.15, 0.2) is 9.84 Å². The Balaban J connectivity index is 2.38. The van der Waals surface area contributed by atoms with Crippen LogP contribution < -0.4 is 0 Å². The summed E-state index contributed by atoms with van der Waals surface area (Å²) in [4.78, 5) is 10.8. The maximum absolute atomic E-state index is 13.3. The zero-order valence-corrected chi connectivity index (χ0v) is 10.6. The summed E-state index contributed by atoms with van der Waals surface area (Å²) < 4.78 is 50.6. The maximum atomic E-state index is 13.3. The van der Waals surface area contributed by atoms with E-state index in [-0.39, 0.29) is 17.7 Å². The van der Waals surface area contributed by atoms with E-state index in [0.717, 1.165) is 24.3 Å². The van der Waals surface area contributed by atoms with Crippen LogP contribution in [0.1, 0.15) is 12.8 Å². The summed E-state index contributed by atoms with van der Waals surface area (Å²) in [5, 5.41) is 7.66. The van der Waals surface area contributed by atoms with E-state index in [1.807, 2.05) is 0 Å². The fraction of sp³-hybridized carbons (Fsp3) is 0.417. The van der Waals surface area contributed by atoms with E-state index in [4.69, 9.17) is 5.11 Å². The fourth-order valence-electron chi connectivity index (χ4n) is 2.34. The number of halogens is 2. The van der Waals surface area contributed by atoms with Crippen molar-refractivity contribution in [3.05, 3.63) is 30.1 Å². The van der Waals surface area contributed by atoms with Crippen LogP contribution in [-0.4, -0.2) is 30.9 Å². The summed E-state index contributed by atoms with van der Waals surface area (Å²) in [7, 11) is -3.97. The van der Waals surface area contributed by atoms with Gasteiger partial charge in [0.05, 0.1) is 16.1 Å². The van der Waals surface area contributed by atoms with Crippen molar-refractivity contribution in [2.75, 3.05) is 0 Å². The quantitative estimate of drug-likeness (QED) is 0.862. The van der Waals surface area contributed by atoms with Gasteiger partial charge in [-0.25, -0.2) is 17.2 Å². The molecule has 1 aliphatic rings.